The zero-order valence-corrected chi connectivity index (χ0v) is 12.3. The van der Waals surface area contributed by atoms with Crippen LogP contribution >= 0.6 is 0 Å². The zero-order valence-electron chi connectivity index (χ0n) is 11.5. The van der Waals surface area contributed by atoms with Crippen LogP contribution in [0.4, 0.5) is 0 Å². The van der Waals surface area contributed by atoms with Crippen molar-refractivity contribution in [1.29, 1.82) is 0 Å². The molecule has 2 fully saturated rings. The Balaban J connectivity index is 1.79. The van der Waals surface area contributed by atoms with E-state index in [0.29, 0.717) is 5.75 Å². The number of nitrogens with two attached hydrogens (primary N) is 1. The Kier molecular flexibility index (Phi) is 4.37. The molecule has 2 N–H and O–H groups in total. The van der Waals surface area contributed by atoms with Gasteiger partial charge in [0.15, 0.2) is 0 Å². The molecule has 2 rings (SSSR count). The molecule has 0 aromatic heterocycles. The Morgan fingerprint density at radius 2 is 1.94 bits per heavy atom. The lowest BCUT2D eigenvalue weighted by molar-refractivity contribution is 0.194. The summed E-state index contributed by atoms with van der Waals surface area (Å²) < 4.78 is 23.0. The summed E-state index contributed by atoms with van der Waals surface area (Å²) >= 11 is 0. The Labute approximate surface area is 111 Å². The minimum atomic E-state index is -2.82. The van der Waals surface area contributed by atoms with Gasteiger partial charge in [-0.2, -0.15) is 0 Å². The summed E-state index contributed by atoms with van der Waals surface area (Å²) in [5.74, 6) is 2.34. The first-order valence-corrected chi connectivity index (χ1v) is 9.25. The molecule has 3 nitrogen and oxygen atoms in total. The highest BCUT2D eigenvalue weighted by atomic mass is 32.2. The molecule has 106 valence electrons. The number of sulfone groups is 1. The van der Waals surface area contributed by atoms with Gasteiger partial charge in [-0.05, 0) is 50.4 Å². The second kappa shape index (κ2) is 5.49. The van der Waals surface area contributed by atoms with Gasteiger partial charge in [-0.15, -0.1) is 0 Å². The van der Waals surface area contributed by atoms with Crippen molar-refractivity contribution in [3.63, 3.8) is 0 Å². The zero-order chi connectivity index (χ0) is 13.2. The molecule has 0 bridgehead atoms. The topological polar surface area (TPSA) is 60.2 Å². The van der Waals surface area contributed by atoms with Crippen LogP contribution in [0.2, 0.25) is 0 Å². The van der Waals surface area contributed by atoms with E-state index in [1.165, 1.54) is 25.7 Å². The standard InChI is InChI=1S/C14H27NO2S/c1-2-18(16,17)10-4-9-14(15)8-3-5-13(11-14)12-6-7-12/h12-13H,2-11,15H2,1H3. The monoisotopic (exact) mass is 273 g/mol. The fourth-order valence-electron chi connectivity index (χ4n) is 3.43. The second-order valence-corrected chi connectivity index (χ2v) is 8.87. The highest BCUT2D eigenvalue weighted by Gasteiger charge is 2.39. The van der Waals surface area contributed by atoms with Crippen molar-refractivity contribution in [3.05, 3.63) is 0 Å². The van der Waals surface area contributed by atoms with Crippen molar-refractivity contribution in [2.24, 2.45) is 17.6 Å². The predicted octanol–water partition coefficient (Wildman–Crippen LogP) is 2.50. The smallest absolute Gasteiger partial charge is 0.150 e. The molecule has 0 radical (unpaired) electrons. The summed E-state index contributed by atoms with van der Waals surface area (Å²) in [4.78, 5) is 0. The molecular weight excluding hydrogens is 246 g/mol. The van der Waals surface area contributed by atoms with Gasteiger partial charge in [-0.3, -0.25) is 0 Å². The molecule has 0 heterocycles. The Hall–Kier alpha value is -0.0900. The molecule has 2 atom stereocenters. The van der Waals surface area contributed by atoms with Gasteiger partial charge in [-0.25, -0.2) is 8.42 Å². The maximum Gasteiger partial charge on any atom is 0.150 e. The number of hydrogen-bond acceptors (Lipinski definition) is 3. The first kappa shape index (κ1) is 14.3. The molecule has 2 unspecified atom stereocenters. The lowest BCUT2D eigenvalue weighted by Gasteiger charge is -2.38. The van der Waals surface area contributed by atoms with Gasteiger partial charge < -0.3 is 5.73 Å². The van der Waals surface area contributed by atoms with E-state index in [9.17, 15) is 8.42 Å². The average Bonchev–Trinajstić information content (AvgIpc) is 3.12. The summed E-state index contributed by atoms with van der Waals surface area (Å²) in [6.45, 7) is 1.72. The maximum atomic E-state index is 11.5. The Morgan fingerprint density at radius 3 is 2.56 bits per heavy atom. The van der Waals surface area contributed by atoms with Crippen LogP contribution in [0.25, 0.3) is 0 Å². The maximum absolute atomic E-state index is 11.5. The molecule has 18 heavy (non-hydrogen) atoms. The van der Waals surface area contributed by atoms with Gasteiger partial charge in [0.2, 0.25) is 0 Å². The van der Waals surface area contributed by atoms with E-state index in [2.05, 4.69) is 0 Å². The lowest BCUT2D eigenvalue weighted by Crippen LogP contribution is -2.45. The van der Waals surface area contributed by atoms with E-state index in [0.717, 1.165) is 37.5 Å². The summed E-state index contributed by atoms with van der Waals surface area (Å²) in [7, 11) is -2.82. The van der Waals surface area contributed by atoms with Crippen LogP contribution in [0.1, 0.15) is 58.3 Å². The van der Waals surface area contributed by atoms with E-state index in [4.69, 9.17) is 5.73 Å². The van der Waals surface area contributed by atoms with E-state index in [1.807, 2.05) is 0 Å². The van der Waals surface area contributed by atoms with Crippen LogP contribution in [-0.4, -0.2) is 25.5 Å². The van der Waals surface area contributed by atoms with E-state index < -0.39 is 9.84 Å². The van der Waals surface area contributed by atoms with Crippen molar-refractivity contribution in [1.82, 2.24) is 0 Å². The largest absolute Gasteiger partial charge is 0.325 e. The van der Waals surface area contributed by atoms with Gasteiger partial charge in [0.05, 0.1) is 5.75 Å². The van der Waals surface area contributed by atoms with Crippen LogP contribution < -0.4 is 5.73 Å². The van der Waals surface area contributed by atoms with Crippen molar-refractivity contribution >= 4 is 9.84 Å². The molecule has 0 aliphatic heterocycles. The molecule has 2 saturated carbocycles. The summed E-state index contributed by atoms with van der Waals surface area (Å²) in [5, 5.41) is 0. The first-order valence-electron chi connectivity index (χ1n) is 7.43. The molecule has 0 aromatic rings. The van der Waals surface area contributed by atoms with Crippen LogP contribution in [0.3, 0.4) is 0 Å². The fourth-order valence-corrected chi connectivity index (χ4v) is 4.30. The Morgan fingerprint density at radius 1 is 1.22 bits per heavy atom. The molecule has 4 heteroatoms. The predicted molar refractivity (Wildman–Crippen MR) is 75.2 cm³/mol. The van der Waals surface area contributed by atoms with Crippen molar-refractivity contribution in [2.45, 2.75) is 63.8 Å². The first-order chi connectivity index (χ1) is 8.44. The van der Waals surface area contributed by atoms with Crippen molar-refractivity contribution in [2.75, 3.05) is 11.5 Å². The Bertz CT molecular complexity index is 375. The van der Waals surface area contributed by atoms with Gasteiger partial charge in [0.1, 0.15) is 9.84 Å². The number of rotatable bonds is 6. The van der Waals surface area contributed by atoms with E-state index in [-0.39, 0.29) is 11.3 Å². The second-order valence-electron chi connectivity index (χ2n) is 6.40. The van der Waals surface area contributed by atoms with E-state index >= 15 is 0 Å². The third-order valence-corrected chi connectivity index (χ3v) is 6.57. The van der Waals surface area contributed by atoms with Crippen LogP contribution in [0.5, 0.6) is 0 Å². The van der Waals surface area contributed by atoms with Gasteiger partial charge in [-0.1, -0.05) is 19.8 Å². The summed E-state index contributed by atoms with van der Waals surface area (Å²) in [5.41, 5.74) is 6.42. The van der Waals surface area contributed by atoms with Crippen LogP contribution in [0.15, 0.2) is 0 Å². The van der Waals surface area contributed by atoms with Crippen molar-refractivity contribution in [3.8, 4) is 0 Å². The lowest BCUT2D eigenvalue weighted by atomic mass is 9.72. The minimum Gasteiger partial charge on any atom is -0.325 e. The molecular formula is C14H27NO2S. The molecule has 0 saturated heterocycles. The molecule has 0 spiro atoms. The molecule has 0 aromatic carbocycles. The molecule has 2 aliphatic carbocycles. The van der Waals surface area contributed by atoms with Gasteiger partial charge in [0.25, 0.3) is 0 Å². The van der Waals surface area contributed by atoms with E-state index in [1.54, 1.807) is 6.92 Å². The fraction of sp³-hybridized carbons (Fsp3) is 1.00. The third-order valence-electron chi connectivity index (χ3n) is 4.78. The molecule has 0 amide bonds. The normalized spacial score (nSPS) is 33.6. The SMILES string of the molecule is CCS(=O)(=O)CCCC1(N)CCCC(C2CC2)C1. The molecule has 2 aliphatic rings. The highest BCUT2D eigenvalue weighted by molar-refractivity contribution is 7.91. The minimum absolute atomic E-state index is 0.0746. The highest BCUT2D eigenvalue weighted by Crippen LogP contribution is 2.46. The van der Waals surface area contributed by atoms with Crippen LogP contribution in [-0.2, 0) is 9.84 Å². The van der Waals surface area contributed by atoms with Crippen LogP contribution in [0, 0.1) is 11.8 Å². The average molecular weight is 273 g/mol. The third kappa shape index (κ3) is 3.95. The quantitative estimate of drug-likeness (QED) is 0.809. The summed E-state index contributed by atoms with van der Waals surface area (Å²) in [6, 6.07) is 0. The number of hydrogen-bond donors (Lipinski definition) is 1. The van der Waals surface area contributed by atoms with Gasteiger partial charge in [0, 0.05) is 11.3 Å². The van der Waals surface area contributed by atoms with Crippen molar-refractivity contribution < 1.29 is 8.42 Å². The summed E-state index contributed by atoms with van der Waals surface area (Å²) in [6.07, 6.45) is 9.21. The van der Waals surface area contributed by atoms with Gasteiger partial charge >= 0.3 is 0 Å².